The Bertz CT molecular complexity index is 2530. The van der Waals surface area contributed by atoms with Gasteiger partial charge in [-0.3, -0.25) is 0 Å². The summed E-state index contributed by atoms with van der Waals surface area (Å²) in [6.07, 6.45) is 1.59. The molecule has 0 saturated carbocycles. The molecule has 2 aromatic heterocycles. The number of furan rings is 1. The van der Waals surface area contributed by atoms with Gasteiger partial charge in [0.15, 0.2) is 11.6 Å². The van der Waals surface area contributed by atoms with Gasteiger partial charge in [-0.2, -0.15) is 0 Å². The first-order valence-electron chi connectivity index (χ1n) is 15.0. The van der Waals surface area contributed by atoms with Gasteiger partial charge in [0.25, 0.3) is 0 Å². The molecule has 4 heteroatoms. The van der Waals surface area contributed by atoms with Crippen molar-refractivity contribution in [1.82, 2.24) is 15.0 Å². The van der Waals surface area contributed by atoms with Crippen LogP contribution in [0.4, 0.5) is 0 Å². The lowest BCUT2D eigenvalue weighted by molar-refractivity contribution is 0.670. The van der Waals surface area contributed by atoms with Gasteiger partial charge in [-0.25, -0.2) is 15.0 Å². The van der Waals surface area contributed by atoms with Crippen LogP contribution in [0.3, 0.4) is 0 Å². The maximum absolute atomic E-state index is 6.72. The Balaban J connectivity index is 1.18. The second-order valence-corrected chi connectivity index (χ2v) is 11.3. The lowest BCUT2D eigenvalue weighted by atomic mass is 9.96. The summed E-state index contributed by atoms with van der Waals surface area (Å²) in [7, 11) is 0. The zero-order valence-corrected chi connectivity index (χ0v) is 24.2. The molecular weight excluding hydrogens is 550 g/mol. The van der Waals surface area contributed by atoms with Gasteiger partial charge in [0, 0.05) is 27.5 Å². The van der Waals surface area contributed by atoms with Crippen LogP contribution in [-0.4, -0.2) is 15.0 Å². The van der Waals surface area contributed by atoms with E-state index in [0.717, 1.165) is 55.0 Å². The van der Waals surface area contributed by atoms with Crippen molar-refractivity contribution >= 4 is 43.5 Å². The van der Waals surface area contributed by atoms with Gasteiger partial charge < -0.3 is 4.42 Å². The molecule has 0 aliphatic carbocycles. The Morgan fingerprint density at radius 3 is 1.98 bits per heavy atom. The Morgan fingerprint density at radius 1 is 0.422 bits per heavy atom. The molecule has 7 aromatic carbocycles. The van der Waals surface area contributed by atoms with E-state index in [9.17, 15) is 0 Å². The normalized spacial score (nSPS) is 11.6. The van der Waals surface area contributed by atoms with Crippen LogP contribution >= 0.6 is 0 Å². The van der Waals surface area contributed by atoms with Crippen molar-refractivity contribution in [1.29, 1.82) is 0 Å². The fourth-order valence-electron chi connectivity index (χ4n) is 6.44. The van der Waals surface area contributed by atoms with Gasteiger partial charge in [0.2, 0.25) is 0 Å². The van der Waals surface area contributed by atoms with E-state index in [2.05, 4.69) is 125 Å². The van der Waals surface area contributed by atoms with E-state index in [0.29, 0.717) is 11.6 Å². The summed E-state index contributed by atoms with van der Waals surface area (Å²) < 4.78 is 6.72. The third kappa shape index (κ3) is 4.27. The zero-order valence-electron chi connectivity index (χ0n) is 24.2. The van der Waals surface area contributed by atoms with E-state index in [1.54, 1.807) is 6.33 Å². The molecule has 0 atom stereocenters. The van der Waals surface area contributed by atoms with Crippen molar-refractivity contribution in [2.45, 2.75) is 0 Å². The SMILES string of the molecule is c1ccc(-c2ncnc(-c3cc4oc5c(-c6ccc(-c7ccc8ccccc8c7)cc6)cccc5c4c4ccccc34)n2)cc1. The number of rotatable bonds is 4. The van der Waals surface area contributed by atoms with Gasteiger partial charge in [0.05, 0.1) is 0 Å². The van der Waals surface area contributed by atoms with Crippen LogP contribution < -0.4 is 0 Å². The van der Waals surface area contributed by atoms with Crippen molar-refractivity contribution in [3.8, 4) is 45.0 Å². The van der Waals surface area contributed by atoms with E-state index in [-0.39, 0.29) is 0 Å². The number of benzene rings is 7. The van der Waals surface area contributed by atoms with Gasteiger partial charge >= 0.3 is 0 Å². The van der Waals surface area contributed by atoms with Crippen LogP contribution in [0.2, 0.25) is 0 Å². The highest BCUT2D eigenvalue weighted by molar-refractivity contribution is 6.23. The summed E-state index contributed by atoms with van der Waals surface area (Å²) in [5.74, 6) is 1.26. The van der Waals surface area contributed by atoms with E-state index in [1.165, 1.54) is 21.9 Å². The van der Waals surface area contributed by atoms with Gasteiger partial charge in [0.1, 0.15) is 17.5 Å². The zero-order chi connectivity index (χ0) is 29.7. The molecule has 0 spiro atoms. The minimum Gasteiger partial charge on any atom is -0.455 e. The molecule has 210 valence electrons. The van der Waals surface area contributed by atoms with Gasteiger partial charge in [-0.15, -0.1) is 0 Å². The van der Waals surface area contributed by atoms with E-state index >= 15 is 0 Å². The van der Waals surface area contributed by atoms with Crippen LogP contribution in [0.15, 0.2) is 156 Å². The molecule has 0 fully saturated rings. The Morgan fingerprint density at radius 2 is 1.11 bits per heavy atom. The van der Waals surface area contributed by atoms with E-state index in [4.69, 9.17) is 9.40 Å². The highest BCUT2D eigenvalue weighted by Crippen LogP contribution is 2.42. The third-order valence-corrected chi connectivity index (χ3v) is 8.63. The quantitative estimate of drug-likeness (QED) is 0.209. The molecule has 9 rings (SSSR count). The molecule has 0 N–H and O–H groups in total. The third-order valence-electron chi connectivity index (χ3n) is 8.63. The summed E-state index contributed by atoms with van der Waals surface area (Å²) in [6.45, 7) is 0. The molecule has 2 heterocycles. The molecule has 0 amide bonds. The van der Waals surface area contributed by atoms with Crippen molar-refractivity contribution in [3.05, 3.63) is 152 Å². The smallest absolute Gasteiger partial charge is 0.164 e. The van der Waals surface area contributed by atoms with Crippen molar-refractivity contribution in [3.63, 3.8) is 0 Å². The molecule has 9 aromatic rings. The molecule has 45 heavy (non-hydrogen) atoms. The number of aromatic nitrogens is 3. The molecular formula is C41H25N3O. The maximum Gasteiger partial charge on any atom is 0.164 e. The number of hydrogen-bond acceptors (Lipinski definition) is 4. The van der Waals surface area contributed by atoms with Gasteiger partial charge in [-0.1, -0.05) is 133 Å². The van der Waals surface area contributed by atoms with E-state index in [1.807, 2.05) is 30.3 Å². The fourth-order valence-corrected chi connectivity index (χ4v) is 6.44. The first kappa shape index (κ1) is 25.4. The summed E-state index contributed by atoms with van der Waals surface area (Å²) in [6, 6.07) is 50.7. The minimum absolute atomic E-state index is 0.618. The molecule has 0 radical (unpaired) electrons. The van der Waals surface area contributed by atoms with E-state index < -0.39 is 0 Å². The Kier molecular flexibility index (Phi) is 5.78. The monoisotopic (exact) mass is 575 g/mol. The summed E-state index contributed by atoms with van der Waals surface area (Å²) in [5.41, 5.74) is 8.10. The molecule has 0 saturated heterocycles. The Hall–Kier alpha value is -6.13. The molecule has 0 bridgehead atoms. The molecule has 0 aliphatic heterocycles. The average Bonchev–Trinajstić information content (AvgIpc) is 3.51. The lowest BCUT2D eigenvalue weighted by Crippen LogP contribution is -1.95. The van der Waals surface area contributed by atoms with Crippen LogP contribution in [0.25, 0.3) is 88.5 Å². The van der Waals surface area contributed by atoms with Crippen LogP contribution in [0, 0.1) is 0 Å². The second kappa shape index (κ2) is 10.2. The maximum atomic E-state index is 6.72. The number of fused-ring (bicyclic) bond motifs is 6. The lowest BCUT2D eigenvalue weighted by Gasteiger charge is -2.08. The van der Waals surface area contributed by atoms with Crippen LogP contribution in [0.5, 0.6) is 0 Å². The first-order valence-corrected chi connectivity index (χ1v) is 15.0. The predicted molar refractivity (Wildman–Crippen MR) is 184 cm³/mol. The fraction of sp³-hybridized carbons (Fsp3) is 0. The topological polar surface area (TPSA) is 51.8 Å². The molecule has 0 aliphatic rings. The van der Waals surface area contributed by atoms with Crippen LogP contribution in [0.1, 0.15) is 0 Å². The largest absolute Gasteiger partial charge is 0.455 e. The number of hydrogen-bond donors (Lipinski definition) is 0. The van der Waals surface area contributed by atoms with Crippen molar-refractivity contribution < 1.29 is 4.42 Å². The highest BCUT2D eigenvalue weighted by Gasteiger charge is 2.19. The number of nitrogens with zero attached hydrogens (tertiary/aromatic N) is 3. The number of para-hydroxylation sites is 1. The van der Waals surface area contributed by atoms with Crippen molar-refractivity contribution in [2.24, 2.45) is 0 Å². The highest BCUT2D eigenvalue weighted by atomic mass is 16.3. The van der Waals surface area contributed by atoms with Gasteiger partial charge in [-0.05, 0) is 50.4 Å². The summed E-state index contributed by atoms with van der Waals surface area (Å²) in [5, 5.41) is 6.85. The molecule has 4 nitrogen and oxygen atoms in total. The standard InChI is InChI=1S/C41H25N3O/c1-2-10-29(11-3-1)40-42-25-43-41(44-40)36-24-37-38(34-14-7-6-13-33(34)36)35-16-8-15-32(39(35)45-37)28-20-17-27(18-21-28)31-22-19-26-9-4-5-12-30(26)23-31/h1-25H. The molecule has 0 unspecified atom stereocenters. The average molecular weight is 576 g/mol. The predicted octanol–water partition coefficient (Wildman–Crippen LogP) is 10.7. The summed E-state index contributed by atoms with van der Waals surface area (Å²) >= 11 is 0. The minimum atomic E-state index is 0.618. The first-order chi connectivity index (χ1) is 22.3. The van der Waals surface area contributed by atoms with Crippen LogP contribution in [-0.2, 0) is 0 Å². The Labute approximate surface area is 259 Å². The summed E-state index contributed by atoms with van der Waals surface area (Å²) in [4.78, 5) is 13.9. The van der Waals surface area contributed by atoms with Crippen molar-refractivity contribution in [2.75, 3.05) is 0 Å². The second-order valence-electron chi connectivity index (χ2n) is 11.3.